The van der Waals surface area contributed by atoms with Crippen LogP contribution in [0.25, 0.3) is 0 Å². The van der Waals surface area contributed by atoms with E-state index < -0.39 is 55.9 Å². The summed E-state index contributed by atoms with van der Waals surface area (Å²) in [5.74, 6) is -2.40. The smallest absolute Gasteiger partial charge is 0.326 e. The molecule has 0 spiro atoms. The van der Waals surface area contributed by atoms with Gasteiger partial charge in [0.25, 0.3) is 0 Å². The van der Waals surface area contributed by atoms with Gasteiger partial charge in [-0.15, -0.1) is 0 Å². The van der Waals surface area contributed by atoms with Crippen LogP contribution in [-0.4, -0.2) is 93.3 Å². The summed E-state index contributed by atoms with van der Waals surface area (Å²) in [5, 5.41) is 8.38. The summed E-state index contributed by atoms with van der Waals surface area (Å²) in [6.07, 6.45) is 1.79. The van der Waals surface area contributed by atoms with E-state index in [9.17, 15) is 32.7 Å². The van der Waals surface area contributed by atoms with E-state index in [2.05, 4.69) is 0 Å². The number of β-lactam (4-membered cyclic amide) rings is 1. The normalized spacial score (nSPS) is 34.8. The highest BCUT2D eigenvalue weighted by atomic mass is 32.2. The lowest BCUT2D eigenvalue weighted by Crippen LogP contribution is -2.62. The number of fused-ring (bicyclic) bond motifs is 1. The Morgan fingerprint density at radius 2 is 1.55 bits per heavy atom. The molecule has 4 rings (SSSR count). The number of carboxylic acids is 1. The third-order valence-electron chi connectivity index (χ3n) is 6.85. The minimum Gasteiger partial charge on any atom is -0.480 e. The van der Waals surface area contributed by atoms with E-state index in [-0.39, 0.29) is 18.9 Å². The fraction of sp³-hybridized carbons (Fsp3) is 0.778. The van der Waals surface area contributed by atoms with Gasteiger partial charge in [0.15, 0.2) is 9.84 Å². The molecule has 4 aliphatic rings. The van der Waals surface area contributed by atoms with Crippen LogP contribution in [0.15, 0.2) is 0 Å². The first-order valence-electron chi connectivity index (χ1n) is 9.88. The maximum absolute atomic E-state index is 13.4. The molecule has 4 fully saturated rings. The van der Waals surface area contributed by atoms with Crippen LogP contribution in [0.5, 0.6) is 0 Å². The Bertz CT molecular complexity index is 899. The van der Waals surface area contributed by atoms with Gasteiger partial charge in [-0.3, -0.25) is 14.4 Å². The van der Waals surface area contributed by atoms with Gasteiger partial charge in [-0.25, -0.2) is 13.2 Å². The molecule has 11 heteroatoms. The third kappa shape index (κ3) is 2.62. The Labute approximate surface area is 168 Å². The summed E-state index contributed by atoms with van der Waals surface area (Å²) in [5.41, 5.74) is 0. The summed E-state index contributed by atoms with van der Waals surface area (Å²) >= 11 is 0. The second-order valence-electron chi connectivity index (χ2n) is 8.73. The Morgan fingerprint density at radius 3 is 2.10 bits per heavy atom. The molecule has 0 radical (unpaired) electrons. The molecule has 10 nitrogen and oxygen atoms in total. The van der Waals surface area contributed by atoms with Crippen molar-refractivity contribution < 1.29 is 32.7 Å². The number of carbonyl (C=O) groups excluding carboxylic acids is 3. The quantitative estimate of drug-likeness (QED) is 0.582. The number of hydrogen-bond donors (Lipinski definition) is 1. The molecule has 29 heavy (non-hydrogen) atoms. The number of carboxylic acid groups (broad SMARTS) is 1. The minimum atomic E-state index is -3.71. The summed E-state index contributed by atoms with van der Waals surface area (Å²) < 4.78 is 24.1. The van der Waals surface area contributed by atoms with Crippen molar-refractivity contribution in [2.24, 2.45) is 0 Å². The standard InChI is InChI=1S/C18H25N3O7S/c1-18(2)14(21-12(22)9-13(21)29(18,27)28)16(24)19-7-3-5-10(19)15(23)20-8-4-6-11(20)17(25)26/h10-11,13-14H,3-9H2,1-2H3,(H,25,26). The molecule has 4 saturated heterocycles. The number of carbonyl (C=O) groups is 4. The molecule has 4 unspecified atom stereocenters. The Morgan fingerprint density at radius 1 is 1.00 bits per heavy atom. The van der Waals surface area contributed by atoms with E-state index in [0.717, 1.165) is 4.90 Å². The van der Waals surface area contributed by atoms with Gasteiger partial charge < -0.3 is 19.8 Å². The van der Waals surface area contributed by atoms with Crippen LogP contribution in [-0.2, 0) is 29.0 Å². The van der Waals surface area contributed by atoms with Crippen LogP contribution in [0.1, 0.15) is 46.0 Å². The first-order chi connectivity index (χ1) is 13.5. The van der Waals surface area contributed by atoms with Crippen LogP contribution in [0.3, 0.4) is 0 Å². The number of aliphatic carboxylic acids is 1. The topological polar surface area (TPSA) is 132 Å². The van der Waals surface area contributed by atoms with Gasteiger partial charge in [0, 0.05) is 13.1 Å². The Kier molecular flexibility index (Phi) is 4.45. The highest BCUT2D eigenvalue weighted by Crippen LogP contribution is 2.46. The van der Waals surface area contributed by atoms with Crippen LogP contribution < -0.4 is 0 Å². The van der Waals surface area contributed by atoms with Crippen LogP contribution in [0, 0.1) is 0 Å². The molecule has 0 aromatic heterocycles. The van der Waals surface area contributed by atoms with E-state index in [4.69, 9.17) is 0 Å². The van der Waals surface area contributed by atoms with E-state index in [1.807, 2.05) is 0 Å². The highest BCUT2D eigenvalue weighted by molar-refractivity contribution is 7.93. The molecule has 0 aromatic carbocycles. The fourth-order valence-corrected chi connectivity index (χ4v) is 7.28. The zero-order valence-electron chi connectivity index (χ0n) is 16.4. The van der Waals surface area contributed by atoms with Gasteiger partial charge in [0.2, 0.25) is 17.7 Å². The molecule has 0 aliphatic carbocycles. The second kappa shape index (κ2) is 6.41. The van der Waals surface area contributed by atoms with Crippen molar-refractivity contribution in [3.63, 3.8) is 0 Å². The number of likely N-dealkylation sites (tertiary alicyclic amines) is 2. The fourth-order valence-electron chi connectivity index (χ4n) is 5.15. The lowest BCUT2D eigenvalue weighted by Gasteiger charge is -2.39. The van der Waals surface area contributed by atoms with Crippen molar-refractivity contribution >= 4 is 33.5 Å². The zero-order valence-corrected chi connectivity index (χ0v) is 17.2. The van der Waals surface area contributed by atoms with Gasteiger partial charge in [0.05, 0.1) is 11.2 Å². The summed E-state index contributed by atoms with van der Waals surface area (Å²) in [6.45, 7) is 3.50. The SMILES string of the molecule is CC1(C)C(C(=O)N2CCCC2C(=O)N2CCCC2C(=O)O)N2C(=O)CC2S1(=O)=O. The van der Waals surface area contributed by atoms with Crippen molar-refractivity contribution in [2.45, 2.75) is 74.2 Å². The number of nitrogens with zero attached hydrogens (tertiary/aromatic N) is 3. The summed E-state index contributed by atoms with van der Waals surface area (Å²) in [4.78, 5) is 53.9. The monoisotopic (exact) mass is 427 g/mol. The number of amides is 3. The predicted octanol–water partition coefficient (Wildman–Crippen LogP) is -0.813. The molecule has 0 saturated carbocycles. The molecule has 160 valence electrons. The molecule has 4 aliphatic heterocycles. The lowest BCUT2D eigenvalue weighted by molar-refractivity contribution is -0.157. The van der Waals surface area contributed by atoms with Gasteiger partial charge >= 0.3 is 5.97 Å². The maximum Gasteiger partial charge on any atom is 0.326 e. The summed E-state index contributed by atoms with van der Waals surface area (Å²) in [7, 11) is -3.71. The van der Waals surface area contributed by atoms with Crippen molar-refractivity contribution in [3.05, 3.63) is 0 Å². The molecule has 4 atom stereocenters. The van der Waals surface area contributed by atoms with E-state index in [1.165, 1.54) is 23.6 Å². The predicted molar refractivity (Wildman–Crippen MR) is 99.1 cm³/mol. The van der Waals surface area contributed by atoms with Crippen molar-refractivity contribution in [3.8, 4) is 0 Å². The first-order valence-corrected chi connectivity index (χ1v) is 11.4. The number of rotatable bonds is 3. The van der Waals surface area contributed by atoms with Gasteiger partial charge in [-0.2, -0.15) is 0 Å². The first kappa shape index (κ1) is 20.1. The second-order valence-corrected chi connectivity index (χ2v) is 11.4. The number of sulfone groups is 1. The summed E-state index contributed by atoms with van der Waals surface area (Å²) in [6, 6.07) is -2.89. The van der Waals surface area contributed by atoms with Crippen molar-refractivity contribution in [2.75, 3.05) is 13.1 Å². The van der Waals surface area contributed by atoms with Crippen LogP contribution in [0.2, 0.25) is 0 Å². The maximum atomic E-state index is 13.4. The molecular formula is C18H25N3O7S. The lowest BCUT2D eigenvalue weighted by atomic mass is 9.96. The molecule has 0 bridgehead atoms. The van der Waals surface area contributed by atoms with Crippen LogP contribution in [0.4, 0.5) is 0 Å². The molecule has 0 aromatic rings. The molecular weight excluding hydrogens is 402 g/mol. The largest absolute Gasteiger partial charge is 0.480 e. The van der Waals surface area contributed by atoms with E-state index in [0.29, 0.717) is 32.2 Å². The zero-order chi connectivity index (χ0) is 21.3. The van der Waals surface area contributed by atoms with Crippen LogP contribution >= 0.6 is 0 Å². The third-order valence-corrected chi connectivity index (χ3v) is 9.65. The van der Waals surface area contributed by atoms with Crippen molar-refractivity contribution in [1.29, 1.82) is 0 Å². The van der Waals surface area contributed by atoms with E-state index >= 15 is 0 Å². The Hall–Kier alpha value is -2.17. The van der Waals surface area contributed by atoms with Gasteiger partial charge in [-0.1, -0.05) is 0 Å². The Balaban J connectivity index is 1.61. The molecule has 3 amide bonds. The molecule has 4 heterocycles. The average Bonchev–Trinajstić information content (AvgIpc) is 3.33. The van der Waals surface area contributed by atoms with Crippen molar-refractivity contribution in [1.82, 2.24) is 14.7 Å². The molecule has 1 N–H and O–H groups in total. The minimum absolute atomic E-state index is 0.119. The number of hydrogen-bond acceptors (Lipinski definition) is 6. The average molecular weight is 427 g/mol. The van der Waals surface area contributed by atoms with Gasteiger partial charge in [-0.05, 0) is 39.5 Å². The van der Waals surface area contributed by atoms with E-state index in [1.54, 1.807) is 0 Å². The van der Waals surface area contributed by atoms with Gasteiger partial charge in [0.1, 0.15) is 23.5 Å². The highest BCUT2D eigenvalue weighted by Gasteiger charge is 2.68.